The van der Waals surface area contributed by atoms with E-state index >= 15 is 4.79 Å². The molecule has 4 aromatic rings. The van der Waals surface area contributed by atoms with Crippen LogP contribution in [0.2, 0.25) is 0 Å². The summed E-state index contributed by atoms with van der Waals surface area (Å²) in [6.07, 6.45) is -11.4. The van der Waals surface area contributed by atoms with Crippen molar-refractivity contribution >= 4 is 17.7 Å². The lowest BCUT2D eigenvalue weighted by Crippen LogP contribution is -2.42. The Kier molecular flexibility index (Phi) is 6.24. The van der Waals surface area contributed by atoms with Crippen LogP contribution in [-0.4, -0.2) is 51.3 Å². The van der Waals surface area contributed by atoms with Crippen LogP contribution in [0.3, 0.4) is 0 Å². The van der Waals surface area contributed by atoms with Gasteiger partial charge in [0.2, 0.25) is 5.91 Å². The van der Waals surface area contributed by atoms with Crippen LogP contribution < -0.4 is 5.56 Å². The smallest absolute Gasteiger partial charge is 0.333 e. The molecule has 0 spiro atoms. The highest BCUT2D eigenvalue weighted by molar-refractivity contribution is 7.98. The molecule has 260 valence electrons. The quantitative estimate of drug-likeness (QED) is 0.0799. The van der Waals surface area contributed by atoms with Gasteiger partial charge in [0, 0.05) is 45.1 Å². The summed E-state index contributed by atoms with van der Waals surface area (Å²) in [4.78, 5) is 33.8. The molecule has 0 aliphatic heterocycles. The minimum absolute atomic E-state index is 0.0150. The van der Waals surface area contributed by atoms with Gasteiger partial charge in [-0.3, -0.25) is 9.59 Å². The van der Waals surface area contributed by atoms with Crippen molar-refractivity contribution in [3.63, 3.8) is 0 Å². The van der Waals surface area contributed by atoms with E-state index in [2.05, 4.69) is 4.98 Å². The Bertz CT molecular complexity index is 2610. The second-order valence-corrected chi connectivity index (χ2v) is 11.2. The molecule has 1 aromatic heterocycles. The fraction of sp³-hybridized carbons (Fsp3) is 0.395. The summed E-state index contributed by atoms with van der Waals surface area (Å²) in [6, 6.07) is 1.49. The van der Waals surface area contributed by atoms with Crippen molar-refractivity contribution in [1.29, 1.82) is 0 Å². The van der Waals surface area contributed by atoms with Crippen molar-refractivity contribution in [3.05, 3.63) is 117 Å². The van der Waals surface area contributed by atoms with E-state index < -0.39 is 138 Å². The van der Waals surface area contributed by atoms with Crippen molar-refractivity contribution in [2.45, 2.75) is 70.0 Å². The number of fused-ring (bicyclic) bond motifs is 1. The van der Waals surface area contributed by atoms with E-state index in [0.717, 1.165) is 39.8 Å². The maximum Gasteiger partial charge on any atom is 0.416 e. The summed E-state index contributed by atoms with van der Waals surface area (Å²) in [7, 11) is 0. The molecule has 0 fully saturated rings. The first kappa shape index (κ1) is 19.4. The maximum absolute atomic E-state index is 15.2. The second-order valence-electron chi connectivity index (χ2n) is 10.4. The van der Waals surface area contributed by atoms with Gasteiger partial charge in [-0.2, -0.15) is 18.2 Å². The van der Waals surface area contributed by atoms with E-state index in [4.69, 9.17) is 20.6 Å². The average Bonchev–Trinajstić information content (AvgIpc) is 3.29. The number of likely N-dealkylation sites (N-methyl/N-ethyl adjacent to an activating group) is 1. The zero-order chi connectivity index (χ0) is 51.4. The monoisotopic (exact) mass is 712 g/mol. The molecule has 2 unspecified atom stereocenters. The zero-order valence-electron chi connectivity index (χ0n) is 44.6. The third-order valence-corrected chi connectivity index (χ3v) is 8.08. The molecule has 5 rings (SSSR count). The molecule has 0 radical (unpaired) electrons. The molecular weight excluding hydrogens is 653 g/mol. The molecule has 3 aromatic carbocycles. The molecule has 6 nitrogen and oxygen atoms in total. The lowest BCUT2D eigenvalue weighted by molar-refractivity contribution is -0.137. The Hall–Kier alpha value is -3.96. The summed E-state index contributed by atoms with van der Waals surface area (Å²) < 4.78 is 211. The number of carbonyl (C=O) groups excluding carboxylic acids is 1. The number of alkyl halides is 3. The van der Waals surface area contributed by atoms with Crippen LogP contribution in [0.4, 0.5) is 17.6 Å². The lowest BCUT2D eigenvalue weighted by Gasteiger charge is -2.33. The molecule has 0 saturated carbocycles. The number of carbonyl (C=O) groups is 1. The summed E-state index contributed by atoms with van der Waals surface area (Å²) in [5.74, 6) is -6.57. The lowest BCUT2D eigenvalue weighted by atomic mass is 9.99. The number of benzene rings is 3. The van der Waals surface area contributed by atoms with Crippen LogP contribution in [0.5, 0.6) is 0 Å². The van der Waals surface area contributed by atoms with Crippen molar-refractivity contribution in [2.75, 3.05) is 26.1 Å². The topological polar surface area (TPSA) is 58.4 Å². The second kappa shape index (κ2) is 15.7. The molecule has 0 saturated heterocycles. The largest absolute Gasteiger partial charge is 0.416 e. The number of hydrogen-bond donors (Lipinski definition) is 0. The fourth-order valence-corrected chi connectivity index (χ4v) is 5.42. The molecule has 1 aliphatic rings. The van der Waals surface area contributed by atoms with Crippen LogP contribution in [0.15, 0.2) is 82.7 Å². The molecule has 1 amide bonds. The first-order valence-corrected chi connectivity index (χ1v) is 15.4. The van der Waals surface area contributed by atoms with Crippen LogP contribution in [0, 0.1) is 11.7 Å². The summed E-state index contributed by atoms with van der Waals surface area (Å²) in [5.41, 5.74) is -9.32. The fourth-order valence-electron chi connectivity index (χ4n) is 4.77. The van der Waals surface area contributed by atoms with Crippen molar-refractivity contribution in [2.24, 2.45) is 5.89 Å². The number of thioether (sulfide) groups is 1. The highest BCUT2D eigenvalue weighted by Crippen LogP contribution is 2.33. The summed E-state index contributed by atoms with van der Waals surface area (Å²) in [6.45, 7) is -6.95. The van der Waals surface area contributed by atoms with Gasteiger partial charge in [-0.25, -0.2) is 4.39 Å². The van der Waals surface area contributed by atoms with Gasteiger partial charge in [-0.15, -0.1) is 0 Å². The van der Waals surface area contributed by atoms with E-state index in [1.807, 2.05) is 0 Å². The van der Waals surface area contributed by atoms with Gasteiger partial charge in [-0.1, -0.05) is 81.0 Å². The predicted octanol–water partition coefficient (Wildman–Crippen LogP) is 8.03. The number of hydrogen-bond acceptors (Lipinski definition) is 5. The van der Waals surface area contributed by atoms with Crippen LogP contribution >= 0.6 is 11.8 Å². The Morgan fingerprint density at radius 3 is 2.29 bits per heavy atom. The first-order chi connectivity index (χ1) is 30.1. The van der Waals surface area contributed by atoms with E-state index in [-0.39, 0.29) is 27.5 Å². The summed E-state index contributed by atoms with van der Waals surface area (Å²) >= 11 is -0.377. The molecule has 1 aliphatic carbocycles. The molecule has 0 N–H and O–H groups in total. The minimum Gasteiger partial charge on any atom is -0.333 e. The first-order valence-electron chi connectivity index (χ1n) is 23.6. The van der Waals surface area contributed by atoms with Gasteiger partial charge >= 0.3 is 6.18 Å². The van der Waals surface area contributed by atoms with Gasteiger partial charge in [-0.05, 0) is 85.0 Å². The number of halogens is 4. The standard InChI is InChI=1S/C38H42F4N4O2S/c1-5-44(6-2)19-20-45(26(4)28-9-11-29(12-10-28)30-13-15-31(16-14-30)38(40,41)42)35(47)23-46-34-22-25(3)21-33(34)36(48)43-37(46)49-24-27-7-17-32(39)18-8-27/h7-18,25-26H,5-6,19-24H2,1-4H3/i5D2,6D2,7D,8D,17D,18D,21D2,22D2,23D2,24D2,25D,26D. The van der Waals surface area contributed by atoms with Crippen LogP contribution in [0.25, 0.3) is 11.1 Å². The SMILES string of the molecule is [2H]c1c([2H])c(C([2H])([2H])Sc2nc(=O)c3c(n2C([2H])([2H])C(=O)N(CCN(C([2H])([2H])C)C([2H])([2H])C)C([2H])(C)c2ccc(-c4ccc(C(F)(F)F)cc4)cc2)C([2H])([2H])C([2H])(C)C3([2H])[2H])c([2H])c([2H])c1F. The number of rotatable bonds is 13. The van der Waals surface area contributed by atoms with Crippen LogP contribution in [-0.2, 0) is 35.9 Å². The van der Waals surface area contributed by atoms with E-state index in [0.29, 0.717) is 15.4 Å². The number of aromatic nitrogens is 2. The Balaban J connectivity index is 1.78. The Morgan fingerprint density at radius 1 is 1.08 bits per heavy atom. The van der Waals surface area contributed by atoms with Gasteiger partial charge in [0.15, 0.2) is 5.16 Å². The van der Waals surface area contributed by atoms with Crippen LogP contribution in [0.1, 0.15) is 86.3 Å². The molecule has 0 bridgehead atoms. The normalized spacial score (nSPS) is 25.7. The van der Waals surface area contributed by atoms with E-state index in [9.17, 15) is 26.5 Å². The summed E-state index contributed by atoms with van der Waals surface area (Å²) in [5, 5.41) is -1.30. The van der Waals surface area contributed by atoms with Crippen molar-refractivity contribution in [3.8, 4) is 11.1 Å². The van der Waals surface area contributed by atoms with Crippen molar-refractivity contribution in [1.82, 2.24) is 19.4 Å². The average molecular weight is 713 g/mol. The minimum atomic E-state index is -4.63. The van der Waals surface area contributed by atoms with E-state index in [1.165, 1.54) is 36.4 Å². The van der Waals surface area contributed by atoms with Gasteiger partial charge in [0.05, 0.1) is 21.2 Å². The molecule has 1 heterocycles. The number of nitrogens with zero attached hydrogens (tertiary/aromatic N) is 4. The Morgan fingerprint density at radius 2 is 1.69 bits per heavy atom. The maximum atomic E-state index is 15.2. The van der Waals surface area contributed by atoms with E-state index in [1.54, 1.807) is 0 Å². The van der Waals surface area contributed by atoms with Crippen molar-refractivity contribution < 1.29 is 47.0 Å². The number of amides is 1. The third kappa shape index (κ3) is 8.80. The molecule has 11 heteroatoms. The van der Waals surface area contributed by atoms with Gasteiger partial charge in [0.1, 0.15) is 12.3 Å². The highest BCUT2D eigenvalue weighted by Gasteiger charge is 2.31. The zero-order valence-corrected chi connectivity index (χ0v) is 27.4. The molecule has 2 atom stereocenters. The highest BCUT2D eigenvalue weighted by atomic mass is 32.2. The predicted molar refractivity (Wildman–Crippen MR) is 186 cm³/mol. The van der Waals surface area contributed by atoms with Gasteiger partial charge in [0.25, 0.3) is 5.56 Å². The van der Waals surface area contributed by atoms with Gasteiger partial charge < -0.3 is 14.4 Å². The third-order valence-electron chi connectivity index (χ3n) is 7.31. The Labute approximate surface area is 314 Å². The molecular formula is C38H42F4N4O2S. The molecule has 49 heavy (non-hydrogen) atoms.